The number of aryl methyl sites for hydroxylation is 2. The second-order valence-electron chi connectivity index (χ2n) is 6.33. The zero-order valence-electron chi connectivity index (χ0n) is 14.7. The average molecular weight is 357 g/mol. The molecule has 2 aromatic heterocycles. The zero-order valence-corrected chi connectivity index (χ0v) is 14.7. The smallest absolute Gasteiger partial charge is 0.203 e. The van der Waals surface area contributed by atoms with Crippen molar-refractivity contribution >= 4 is 0 Å². The molecule has 0 saturated carbocycles. The largest absolute Gasteiger partial charge is 0.288 e. The molecule has 0 bridgehead atoms. The van der Waals surface area contributed by atoms with E-state index in [0.29, 0.717) is 17.9 Å². The summed E-state index contributed by atoms with van der Waals surface area (Å²) in [4.78, 5) is 16.3. The van der Waals surface area contributed by atoms with Crippen LogP contribution in [0.15, 0.2) is 78.0 Å². The third-order valence-corrected chi connectivity index (χ3v) is 4.36. The number of H-pyrrole nitrogens is 1. The molecule has 0 spiro atoms. The van der Waals surface area contributed by atoms with Crippen LogP contribution in [0, 0.1) is 0 Å². The molecule has 6 nitrogen and oxygen atoms in total. The summed E-state index contributed by atoms with van der Waals surface area (Å²) in [6.07, 6.45) is 4.67. The third-order valence-electron chi connectivity index (χ3n) is 4.36. The van der Waals surface area contributed by atoms with Gasteiger partial charge in [0, 0.05) is 30.8 Å². The van der Waals surface area contributed by atoms with Gasteiger partial charge in [-0.15, -0.1) is 0 Å². The van der Waals surface area contributed by atoms with Crippen molar-refractivity contribution in [3.63, 3.8) is 0 Å². The lowest BCUT2D eigenvalue weighted by Gasteiger charge is -2.03. The molecule has 0 radical (unpaired) electrons. The number of aromatic amines is 1. The van der Waals surface area contributed by atoms with Gasteiger partial charge in [0.05, 0.1) is 0 Å². The van der Waals surface area contributed by atoms with Crippen LogP contribution >= 0.6 is 0 Å². The van der Waals surface area contributed by atoms with Crippen molar-refractivity contribution in [1.82, 2.24) is 25.0 Å². The Morgan fingerprint density at radius 1 is 0.963 bits per heavy atom. The monoisotopic (exact) mass is 357 g/mol. The molecule has 4 rings (SSSR count). The Morgan fingerprint density at radius 2 is 1.81 bits per heavy atom. The van der Waals surface area contributed by atoms with E-state index in [-0.39, 0.29) is 5.43 Å². The van der Waals surface area contributed by atoms with E-state index >= 15 is 0 Å². The topological polar surface area (TPSA) is 76.5 Å². The highest BCUT2D eigenvalue weighted by atomic mass is 16.1. The number of rotatable bonds is 6. The van der Waals surface area contributed by atoms with E-state index in [1.807, 2.05) is 47.1 Å². The van der Waals surface area contributed by atoms with E-state index in [2.05, 4.69) is 32.4 Å². The molecule has 0 saturated heterocycles. The molecule has 1 N–H and O–H groups in total. The van der Waals surface area contributed by atoms with E-state index in [1.54, 1.807) is 6.33 Å². The van der Waals surface area contributed by atoms with Gasteiger partial charge in [0.15, 0.2) is 5.82 Å². The number of hydrogen-bond acceptors (Lipinski definition) is 4. The van der Waals surface area contributed by atoms with Crippen molar-refractivity contribution in [2.45, 2.75) is 19.4 Å². The predicted octanol–water partition coefficient (Wildman–Crippen LogP) is 2.86. The Balaban J connectivity index is 1.48. The van der Waals surface area contributed by atoms with Crippen molar-refractivity contribution in [1.29, 1.82) is 0 Å². The Kier molecular flexibility index (Phi) is 4.87. The summed E-state index contributed by atoms with van der Waals surface area (Å²) in [5.74, 6) is 0.680. The van der Waals surface area contributed by atoms with Gasteiger partial charge in [0.2, 0.25) is 5.43 Å². The highest BCUT2D eigenvalue weighted by molar-refractivity contribution is 5.55. The zero-order chi connectivity index (χ0) is 18.5. The van der Waals surface area contributed by atoms with Gasteiger partial charge in [0.25, 0.3) is 0 Å². The lowest BCUT2D eigenvalue weighted by Crippen LogP contribution is -2.11. The summed E-state index contributed by atoms with van der Waals surface area (Å²) < 4.78 is 1.86. The fourth-order valence-corrected chi connectivity index (χ4v) is 2.94. The third kappa shape index (κ3) is 4.17. The molecule has 0 atom stereocenters. The molecule has 134 valence electrons. The van der Waals surface area contributed by atoms with Crippen LogP contribution in [0.5, 0.6) is 0 Å². The van der Waals surface area contributed by atoms with Gasteiger partial charge in [-0.05, 0) is 23.6 Å². The lowest BCUT2D eigenvalue weighted by atomic mass is 10.1. The summed E-state index contributed by atoms with van der Waals surface area (Å²) in [5.41, 5.74) is 3.63. The number of nitrogens with one attached hydrogen (secondary N) is 1. The average Bonchev–Trinajstić information content (AvgIpc) is 3.18. The maximum absolute atomic E-state index is 11.9. The number of aromatic nitrogens is 5. The first-order valence-electron chi connectivity index (χ1n) is 8.83. The second kappa shape index (κ2) is 7.78. The lowest BCUT2D eigenvalue weighted by molar-refractivity contribution is 0.614. The van der Waals surface area contributed by atoms with Crippen LogP contribution in [0.1, 0.15) is 16.8 Å². The van der Waals surface area contributed by atoms with E-state index in [0.717, 1.165) is 24.1 Å². The van der Waals surface area contributed by atoms with Crippen LogP contribution in [0.2, 0.25) is 0 Å². The molecule has 0 aliphatic rings. The summed E-state index contributed by atoms with van der Waals surface area (Å²) >= 11 is 0. The summed E-state index contributed by atoms with van der Waals surface area (Å²) in [6.45, 7) is 0.778. The van der Waals surface area contributed by atoms with Gasteiger partial charge in [-0.25, -0.2) is 4.98 Å². The molecular formula is C21H19N5O. The Morgan fingerprint density at radius 3 is 2.67 bits per heavy atom. The predicted molar refractivity (Wildman–Crippen MR) is 103 cm³/mol. The highest BCUT2D eigenvalue weighted by Crippen LogP contribution is 2.17. The van der Waals surface area contributed by atoms with E-state index in [9.17, 15) is 4.79 Å². The molecule has 2 aromatic carbocycles. The van der Waals surface area contributed by atoms with Crippen molar-refractivity contribution in [3.05, 3.63) is 100 Å². The number of benzene rings is 2. The van der Waals surface area contributed by atoms with Crippen molar-refractivity contribution in [3.8, 4) is 11.4 Å². The van der Waals surface area contributed by atoms with Gasteiger partial charge in [0.1, 0.15) is 12.0 Å². The fraction of sp³-hybridized carbons (Fsp3) is 0.143. The van der Waals surface area contributed by atoms with Crippen molar-refractivity contribution < 1.29 is 0 Å². The molecule has 0 unspecified atom stereocenters. The number of hydrogen-bond donors (Lipinski definition) is 1. The molecule has 27 heavy (non-hydrogen) atoms. The standard InChI is InChI=1S/C21H19N5O/c27-20-9-11-23-24-19(20)14-17-7-4-8-18(13-17)21-22-15-26(25-21)12-10-16-5-2-1-3-6-16/h1-9,11,13,15H,10,12,14H2,(H,23,27). The molecule has 0 fully saturated rings. The van der Waals surface area contributed by atoms with Gasteiger partial charge >= 0.3 is 0 Å². The summed E-state index contributed by atoms with van der Waals surface area (Å²) in [5, 5.41) is 11.4. The van der Waals surface area contributed by atoms with Gasteiger partial charge in [-0.3, -0.25) is 14.6 Å². The van der Waals surface area contributed by atoms with Crippen LogP contribution in [0.25, 0.3) is 11.4 Å². The number of nitrogens with zero attached hydrogens (tertiary/aromatic N) is 4. The normalized spacial score (nSPS) is 10.8. The van der Waals surface area contributed by atoms with Crippen molar-refractivity contribution in [2.24, 2.45) is 0 Å². The maximum Gasteiger partial charge on any atom is 0.203 e. The van der Waals surface area contributed by atoms with Crippen LogP contribution in [0.3, 0.4) is 0 Å². The van der Waals surface area contributed by atoms with Gasteiger partial charge in [-0.2, -0.15) is 10.2 Å². The SMILES string of the molecule is O=c1cc[nH]nc1Cc1cccc(-c2ncn(CCc3ccccc3)n2)c1. The van der Waals surface area contributed by atoms with Crippen LogP contribution in [-0.2, 0) is 19.4 Å². The molecule has 6 heteroatoms. The summed E-state index contributed by atoms with van der Waals surface area (Å²) in [6, 6.07) is 19.7. The van der Waals surface area contributed by atoms with E-state index < -0.39 is 0 Å². The Bertz CT molecular complexity index is 1080. The van der Waals surface area contributed by atoms with Crippen LogP contribution in [0.4, 0.5) is 0 Å². The second-order valence-corrected chi connectivity index (χ2v) is 6.33. The van der Waals surface area contributed by atoms with E-state index in [4.69, 9.17) is 0 Å². The quantitative estimate of drug-likeness (QED) is 0.576. The molecular weight excluding hydrogens is 338 g/mol. The summed E-state index contributed by atoms with van der Waals surface area (Å²) in [7, 11) is 0. The highest BCUT2D eigenvalue weighted by Gasteiger charge is 2.08. The minimum atomic E-state index is -0.0672. The first-order valence-corrected chi connectivity index (χ1v) is 8.83. The van der Waals surface area contributed by atoms with Crippen LogP contribution in [-0.4, -0.2) is 25.0 Å². The molecule has 4 aromatic rings. The maximum atomic E-state index is 11.9. The molecule has 0 amide bonds. The minimum Gasteiger partial charge on any atom is -0.288 e. The van der Waals surface area contributed by atoms with Crippen LogP contribution < -0.4 is 5.43 Å². The first-order chi connectivity index (χ1) is 13.3. The van der Waals surface area contributed by atoms with Gasteiger partial charge in [-0.1, -0.05) is 48.5 Å². The minimum absolute atomic E-state index is 0.0672. The fourth-order valence-electron chi connectivity index (χ4n) is 2.94. The van der Waals surface area contributed by atoms with Crippen molar-refractivity contribution in [2.75, 3.05) is 0 Å². The first kappa shape index (κ1) is 16.9. The molecule has 0 aliphatic heterocycles. The van der Waals surface area contributed by atoms with Gasteiger partial charge < -0.3 is 0 Å². The molecule has 2 heterocycles. The van der Waals surface area contributed by atoms with E-state index in [1.165, 1.54) is 17.8 Å². The molecule has 0 aliphatic carbocycles. The Hall–Kier alpha value is -3.54. The Labute approximate surface area is 156 Å².